The molecule has 2 amide bonds. The Labute approximate surface area is 114 Å². The van der Waals surface area contributed by atoms with Crippen molar-refractivity contribution < 1.29 is 19.1 Å². The van der Waals surface area contributed by atoms with E-state index in [2.05, 4.69) is 10.6 Å². The van der Waals surface area contributed by atoms with Gasteiger partial charge in [0.2, 0.25) is 0 Å². The number of anilines is 1. The highest BCUT2D eigenvalue weighted by molar-refractivity contribution is 6.33. The molecule has 0 aliphatic heterocycles. The molecule has 0 saturated heterocycles. The van der Waals surface area contributed by atoms with Crippen molar-refractivity contribution in [3.05, 3.63) is 29.0 Å². The van der Waals surface area contributed by atoms with Gasteiger partial charge in [-0.2, -0.15) is 0 Å². The topological polar surface area (TPSA) is 78.4 Å². The minimum atomic E-state index is -0.931. The van der Waals surface area contributed by atoms with Crippen LogP contribution in [0.4, 0.5) is 14.9 Å². The molecule has 0 saturated carbocycles. The summed E-state index contributed by atoms with van der Waals surface area (Å²) in [6, 6.07) is 3.42. The second kappa shape index (κ2) is 6.94. The zero-order valence-corrected chi connectivity index (χ0v) is 11.0. The molecule has 1 unspecified atom stereocenters. The van der Waals surface area contributed by atoms with Gasteiger partial charge in [-0.15, -0.1) is 0 Å². The highest BCUT2D eigenvalue weighted by Gasteiger charge is 2.12. The third-order valence-electron chi connectivity index (χ3n) is 2.49. The van der Waals surface area contributed by atoms with Crippen LogP contribution in [-0.4, -0.2) is 23.7 Å². The van der Waals surface area contributed by atoms with E-state index in [1.165, 1.54) is 25.1 Å². The second-order valence-electron chi connectivity index (χ2n) is 4.01. The molecule has 0 fully saturated rings. The van der Waals surface area contributed by atoms with E-state index in [-0.39, 0.29) is 23.7 Å². The van der Waals surface area contributed by atoms with E-state index in [0.717, 1.165) is 0 Å². The number of carboxylic acids is 1. The van der Waals surface area contributed by atoms with Crippen LogP contribution in [-0.2, 0) is 4.79 Å². The van der Waals surface area contributed by atoms with Gasteiger partial charge in [-0.1, -0.05) is 24.6 Å². The average Bonchev–Trinajstić information content (AvgIpc) is 2.33. The third kappa shape index (κ3) is 4.75. The molecule has 1 atom stereocenters. The van der Waals surface area contributed by atoms with Crippen LogP contribution in [0, 0.1) is 11.7 Å². The molecule has 7 heteroatoms. The Bertz CT molecular complexity index is 462. The quantitative estimate of drug-likeness (QED) is 0.779. The first kappa shape index (κ1) is 15.2. The van der Waals surface area contributed by atoms with Crippen LogP contribution >= 0.6 is 11.6 Å². The Morgan fingerprint density at radius 3 is 2.74 bits per heavy atom. The van der Waals surface area contributed by atoms with Crippen molar-refractivity contribution in [1.29, 1.82) is 0 Å². The van der Waals surface area contributed by atoms with Crippen molar-refractivity contribution in [2.75, 3.05) is 11.9 Å². The Morgan fingerprint density at radius 1 is 1.47 bits per heavy atom. The summed E-state index contributed by atoms with van der Waals surface area (Å²) < 4.78 is 13.4. The largest absolute Gasteiger partial charge is 0.481 e. The number of carbonyl (C=O) groups excluding carboxylic acids is 1. The minimum Gasteiger partial charge on any atom is -0.481 e. The first-order chi connectivity index (χ1) is 8.91. The molecule has 1 aromatic rings. The normalized spacial score (nSPS) is 11.7. The Morgan fingerprint density at radius 2 is 2.16 bits per heavy atom. The fourth-order valence-electron chi connectivity index (χ4n) is 1.30. The highest BCUT2D eigenvalue weighted by atomic mass is 35.5. The van der Waals surface area contributed by atoms with Gasteiger partial charge in [0.15, 0.2) is 0 Å². The molecular weight excluding hydrogens is 275 g/mol. The van der Waals surface area contributed by atoms with Crippen molar-refractivity contribution in [2.24, 2.45) is 5.92 Å². The predicted molar refractivity (Wildman–Crippen MR) is 69.8 cm³/mol. The number of hydrogen-bond acceptors (Lipinski definition) is 2. The van der Waals surface area contributed by atoms with E-state index in [1.807, 2.05) is 0 Å². The van der Waals surface area contributed by atoms with Gasteiger partial charge in [0, 0.05) is 6.54 Å². The maximum atomic E-state index is 13.4. The molecule has 0 radical (unpaired) electrons. The van der Waals surface area contributed by atoms with Crippen LogP contribution in [0.5, 0.6) is 0 Å². The molecule has 0 aromatic heterocycles. The highest BCUT2D eigenvalue weighted by Crippen LogP contribution is 2.24. The van der Waals surface area contributed by atoms with Gasteiger partial charge in [0.05, 0.1) is 16.6 Å². The lowest BCUT2D eigenvalue weighted by atomic mass is 10.1. The van der Waals surface area contributed by atoms with Crippen molar-refractivity contribution in [2.45, 2.75) is 13.3 Å². The Hall–Kier alpha value is -1.82. The van der Waals surface area contributed by atoms with E-state index >= 15 is 0 Å². The smallest absolute Gasteiger partial charge is 0.319 e. The fourth-order valence-corrected chi connectivity index (χ4v) is 1.51. The molecule has 0 bridgehead atoms. The predicted octanol–water partition coefficient (Wildman–Crippen LogP) is 2.71. The van der Waals surface area contributed by atoms with E-state index in [1.54, 1.807) is 0 Å². The minimum absolute atomic E-state index is 0.0917. The van der Waals surface area contributed by atoms with E-state index in [9.17, 15) is 14.0 Å². The van der Waals surface area contributed by atoms with Crippen molar-refractivity contribution in [3.63, 3.8) is 0 Å². The van der Waals surface area contributed by atoms with Gasteiger partial charge < -0.3 is 15.7 Å². The number of carboxylic acid groups (broad SMARTS) is 1. The lowest BCUT2D eigenvalue weighted by Gasteiger charge is -2.10. The lowest BCUT2D eigenvalue weighted by Crippen LogP contribution is -2.31. The molecule has 0 aliphatic carbocycles. The van der Waals surface area contributed by atoms with Crippen molar-refractivity contribution in [3.8, 4) is 0 Å². The second-order valence-corrected chi connectivity index (χ2v) is 4.41. The number of rotatable bonds is 5. The monoisotopic (exact) mass is 288 g/mol. The molecule has 3 N–H and O–H groups in total. The molecule has 0 heterocycles. The summed E-state index contributed by atoms with van der Waals surface area (Å²) in [5.41, 5.74) is -0.104. The zero-order chi connectivity index (χ0) is 14.4. The van der Waals surface area contributed by atoms with Gasteiger partial charge in [-0.25, -0.2) is 9.18 Å². The van der Waals surface area contributed by atoms with Crippen LogP contribution in [0.15, 0.2) is 18.2 Å². The molecule has 0 aliphatic rings. The van der Waals surface area contributed by atoms with E-state index in [0.29, 0.717) is 0 Å². The number of nitrogens with one attached hydrogen (secondary N) is 2. The molecule has 104 valence electrons. The average molecular weight is 289 g/mol. The van der Waals surface area contributed by atoms with Crippen molar-refractivity contribution >= 4 is 29.3 Å². The van der Waals surface area contributed by atoms with E-state index in [4.69, 9.17) is 16.7 Å². The maximum absolute atomic E-state index is 13.4. The third-order valence-corrected chi connectivity index (χ3v) is 2.80. The first-order valence-corrected chi connectivity index (χ1v) is 6.01. The van der Waals surface area contributed by atoms with Crippen LogP contribution < -0.4 is 10.6 Å². The summed E-state index contributed by atoms with van der Waals surface area (Å²) in [6.45, 7) is 1.71. The zero-order valence-electron chi connectivity index (χ0n) is 10.2. The van der Waals surface area contributed by atoms with E-state index < -0.39 is 23.7 Å². The summed E-state index contributed by atoms with van der Waals surface area (Å²) in [7, 11) is 0. The summed E-state index contributed by atoms with van der Waals surface area (Å²) in [4.78, 5) is 22.0. The van der Waals surface area contributed by atoms with Gasteiger partial charge >= 0.3 is 12.0 Å². The molecule has 1 aromatic carbocycles. The summed E-state index contributed by atoms with van der Waals surface area (Å²) in [5, 5.41) is 13.5. The van der Waals surface area contributed by atoms with Gasteiger partial charge in [0.1, 0.15) is 5.82 Å². The number of para-hydroxylation sites is 1. The van der Waals surface area contributed by atoms with Gasteiger partial charge in [-0.05, 0) is 18.6 Å². The molecule has 1 rings (SSSR count). The number of halogens is 2. The Kier molecular flexibility index (Phi) is 5.57. The van der Waals surface area contributed by atoms with Crippen LogP contribution in [0.1, 0.15) is 13.3 Å². The number of benzene rings is 1. The standard InChI is InChI=1S/C12H14ClFN2O3/c1-7(11(17)18)5-6-15-12(19)16-10-8(13)3-2-4-9(10)14/h2-4,7H,5-6H2,1H3,(H,17,18)(H2,15,16,19). The molecule has 19 heavy (non-hydrogen) atoms. The first-order valence-electron chi connectivity index (χ1n) is 5.63. The number of carbonyl (C=O) groups is 2. The van der Waals surface area contributed by atoms with Crippen LogP contribution in [0.2, 0.25) is 5.02 Å². The summed E-state index contributed by atoms with van der Waals surface area (Å²) in [6.07, 6.45) is 0.285. The van der Waals surface area contributed by atoms with Gasteiger partial charge in [-0.3, -0.25) is 4.79 Å². The number of urea groups is 1. The lowest BCUT2D eigenvalue weighted by molar-refractivity contribution is -0.141. The van der Waals surface area contributed by atoms with Crippen molar-refractivity contribution in [1.82, 2.24) is 5.32 Å². The summed E-state index contributed by atoms with van der Waals surface area (Å²) in [5.74, 6) is -2.13. The molecular formula is C12H14ClFN2O3. The fraction of sp³-hybridized carbons (Fsp3) is 0.333. The molecule has 0 spiro atoms. The van der Waals surface area contributed by atoms with Gasteiger partial charge in [0.25, 0.3) is 0 Å². The van der Waals surface area contributed by atoms with Crippen LogP contribution in [0.3, 0.4) is 0 Å². The number of aliphatic carboxylic acids is 1. The Balaban J connectivity index is 2.46. The summed E-state index contributed by atoms with van der Waals surface area (Å²) >= 11 is 5.74. The molecule has 5 nitrogen and oxygen atoms in total. The number of hydrogen-bond donors (Lipinski definition) is 3. The SMILES string of the molecule is CC(CCNC(=O)Nc1c(F)cccc1Cl)C(=O)O. The number of amides is 2. The maximum Gasteiger partial charge on any atom is 0.319 e. The van der Waals surface area contributed by atoms with Crippen LogP contribution in [0.25, 0.3) is 0 Å².